The molecule has 2 aromatic heterocycles. The van der Waals surface area contributed by atoms with Crippen LogP contribution in [0.25, 0.3) is 27.9 Å². The van der Waals surface area contributed by atoms with Gasteiger partial charge in [0.15, 0.2) is 5.65 Å². The van der Waals surface area contributed by atoms with Crippen LogP contribution in [0.1, 0.15) is 5.69 Å². The SMILES string of the molecule is Cc1nc2c(-c3ccc(N4CCN(C)CC4)cc3)cnn2c(N)c1-c1ccc(N)cc1.Cl. The number of benzene rings is 2. The molecule has 1 aliphatic heterocycles. The van der Waals surface area contributed by atoms with Gasteiger partial charge in [0.25, 0.3) is 0 Å². The van der Waals surface area contributed by atoms with Gasteiger partial charge in [0.2, 0.25) is 0 Å². The molecule has 7 nitrogen and oxygen atoms in total. The molecule has 5 rings (SSSR count). The lowest BCUT2D eigenvalue weighted by Crippen LogP contribution is -2.44. The summed E-state index contributed by atoms with van der Waals surface area (Å²) in [5.74, 6) is 0.576. The van der Waals surface area contributed by atoms with Gasteiger partial charge in [-0.25, -0.2) is 4.98 Å². The van der Waals surface area contributed by atoms with Gasteiger partial charge in [0.1, 0.15) is 5.82 Å². The van der Waals surface area contributed by atoms with E-state index in [2.05, 4.69) is 46.2 Å². The molecule has 4 N–H and O–H groups in total. The van der Waals surface area contributed by atoms with E-state index in [1.54, 1.807) is 4.52 Å². The van der Waals surface area contributed by atoms with Crippen LogP contribution in [0.2, 0.25) is 0 Å². The maximum Gasteiger partial charge on any atom is 0.165 e. The molecule has 8 heteroatoms. The fourth-order valence-corrected chi connectivity index (χ4v) is 4.26. The van der Waals surface area contributed by atoms with E-state index in [9.17, 15) is 0 Å². The lowest BCUT2D eigenvalue weighted by molar-refractivity contribution is 0.313. The molecule has 0 saturated carbocycles. The minimum absolute atomic E-state index is 0. The van der Waals surface area contributed by atoms with Gasteiger partial charge in [0, 0.05) is 48.7 Å². The van der Waals surface area contributed by atoms with Crippen molar-refractivity contribution in [3.05, 3.63) is 60.4 Å². The fourth-order valence-electron chi connectivity index (χ4n) is 4.26. The highest BCUT2D eigenvalue weighted by Crippen LogP contribution is 2.33. The predicted octanol–water partition coefficient (Wildman–Crippen LogP) is 3.71. The van der Waals surface area contributed by atoms with Crippen molar-refractivity contribution < 1.29 is 0 Å². The van der Waals surface area contributed by atoms with Crippen molar-refractivity contribution in [1.29, 1.82) is 0 Å². The van der Waals surface area contributed by atoms with Gasteiger partial charge in [0.05, 0.1) is 11.9 Å². The molecule has 32 heavy (non-hydrogen) atoms. The van der Waals surface area contributed by atoms with Crippen molar-refractivity contribution in [2.45, 2.75) is 6.92 Å². The second kappa shape index (κ2) is 8.68. The van der Waals surface area contributed by atoms with E-state index in [1.807, 2.05) is 37.4 Å². The average molecular weight is 450 g/mol. The Morgan fingerprint density at radius 1 is 0.844 bits per heavy atom. The van der Waals surface area contributed by atoms with Gasteiger partial charge in [-0.2, -0.15) is 9.61 Å². The second-order valence-electron chi connectivity index (χ2n) is 8.21. The normalized spacial score (nSPS) is 14.5. The van der Waals surface area contributed by atoms with Gasteiger partial charge < -0.3 is 21.3 Å². The molecule has 0 atom stereocenters. The Morgan fingerprint density at radius 3 is 2.12 bits per heavy atom. The van der Waals surface area contributed by atoms with Crippen LogP contribution in [0.3, 0.4) is 0 Å². The molecule has 0 bridgehead atoms. The molecule has 1 saturated heterocycles. The summed E-state index contributed by atoms with van der Waals surface area (Å²) >= 11 is 0. The van der Waals surface area contributed by atoms with Crippen molar-refractivity contribution in [2.75, 3.05) is 49.6 Å². The zero-order chi connectivity index (χ0) is 21.5. The van der Waals surface area contributed by atoms with Crippen LogP contribution in [-0.4, -0.2) is 52.7 Å². The topological polar surface area (TPSA) is 88.7 Å². The fraction of sp³-hybridized carbons (Fsp3) is 0.250. The van der Waals surface area contributed by atoms with Crippen molar-refractivity contribution >= 4 is 35.2 Å². The van der Waals surface area contributed by atoms with Gasteiger partial charge in [-0.15, -0.1) is 12.4 Å². The van der Waals surface area contributed by atoms with Gasteiger partial charge in [-0.05, 0) is 49.4 Å². The Kier molecular flexibility index (Phi) is 5.95. The number of halogens is 1. The number of aryl methyl sites for hydroxylation is 1. The van der Waals surface area contributed by atoms with E-state index in [0.29, 0.717) is 5.82 Å². The molecule has 166 valence electrons. The molecule has 4 aromatic rings. The quantitative estimate of drug-likeness (QED) is 0.463. The first-order valence-corrected chi connectivity index (χ1v) is 10.5. The maximum atomic E-state index is 6.53. The second-order valence-corrected chi connectivity index (χ2v) is 8.21. The average Bonchev–Trinajstić information content (AvgIpc) is 3.20. The van der Waals surface area contributed by atoms with Crippen LogP contribution in [0.5, 0.6) is 0 Å². The third-order valence-electron chi connectivity index (χ3n) is 6.11. The van der Waals surface area contributed by atoms with E-state index in [-0.39, 0.29) is 12.4 Å². The van der Waals surface area contributed by atoms with Crippen molar-refractivity contribution in [2.24, 2.45) is 0 Å². The number of piperazine rings is 1. The summed E-state index contributed by atoms with van der Waals surface area (Å²) in [5, 5.41) is 4.55. The molecule has 0 unspecified atom stereocenters. The zero-order valence-electron chi connectivity index (χ0n) is 18.3. The number of anilines is 3. The third-order valence-corrected chi connectivity index (χ3v) is 6.11. The van der Waals surface area contributed by atoms with E-state index in [0.717, 1.165) is 65.5 Å². The molecule has 0 aliphatic carbocycles. The molecular formula is C24H28ClN7. The number of aromatic nitrogens is 3. The van der Waals surface area contributed by atoms with Crippen LogP contribution in [0.4, 0.5) is 17.2 Å². The van der Waals surface area contributed by atoms with Crippen LogP contribution in [0.15, 0.2) is 54.7 Å². The van der Waals surface area contributed by atoms with Crippen LogP contribution in [0, 0.1) is 6.92 Å². The number of rotatable bonds is 3. The summed E-state index contributed by atoms with van der Waals surface area (Å²) in [5.41, 5.74) is 19.9. The number of fused-ring (bicyclic) bond motifs is 1. The van der Waals surface area contributed by atoms with Crippen molar-refractivity contribution in [1.82, 2.24) is 19.5 Å². The Bertz CT molecular complexity index is 1220. The summed E-state index contributed by atoms with van der Waals surface area (Å²) in [7, 11) is 2.17. The van der Waals surface area contributed by atoms with E-state index < -0.39 is 0 Å². The van der Waals surface area contributed by atoms with E-state index >= 15 is 0 Å². The Hall–Kier alpha value is -3.29. The minimum atomic E-state index is 0. The third kappa shape index (κ3) is 3.85. The van der Waals surface area contributed by atoms with E-state index in [4.69, 9.17) is 16.5 Å². The number of hydrogen-bond donors (Lipinski definition) is 2. The molecule has 0 spiro atoms. The Labute approximate surface area is 194 Å². The van der Waals surface area contributed by atoms with E-state index in [1.165, 1.54) is 5.69 Å². The first-order valence-electron chi connectivity index (χ1n) is 10.5. The number of nitrogens with two attached hydrogens (primary N) is 2. The van der Waals surface area contributed by atoms with Crippen molar-refractivity contribution in [3.63, 3.8) is 0 Å². The molecule has 2 aromatic carbocycles. The highest BCUT2D eigenvalue weighted by Gasteiger charge is 2.18. The number of likely N-dealkylation sites (N-methyl/N-ethyl adjacent to an activating group) is 1. The molecule has 1 aliphatic rings. The zero-order valence-corrected chi connectivity index (χ0v) is 19.1. The molecule has 1 fully saturated rings. The highest BCUT2D eigenvalue weighted by atomic mass is 35.5. The van der Waals surface area contributed by atoms with Crippen molar-refractivity contribution in [3.8, 4) is 22.3 Å². The molecule has 3 heterocycles. The monoisotopic (exact) mass is 449 g/mol. The lowest BCUT2D eigenvalue weighted by atomic mass is 10.0. The number of nitrogens with zero attached hydrogens (tertiary/aromatic N) is 5. The Morgan fingerprint density at radius 2 is 1.47 bits per heavy atom. The molecule has 0 radical (unpaired) electrons. The van der Waals surface area contributed by atoms with Crippen LogP contribution >= 0.6 is 12.4 Å². The van der Waals surface area contributed by atoms with Gasteiger partial charge >= 0.3 is 0 Å². The minimum Gasteiger partial charge on any atom is -0.399 e. The predicted molar refractivity (Wildman–Crippen MR) is 134 cm³/mol. The molecular weight excluding hydrogens is 422 g/mol. The summed E-state index contributed by atoms with van der Waals surface area (Å²) in [6.45, 7) is 6.27. The number of nitrogen functional groups attached to an aromatic ring is 2. The summed E-state index contributed by atoms with van der Waals surface area (Å²) in [4.78, 5) is 9.66. The smallest absolute Gasteiger partial charge is 0.165 e. The number of hydrogen-bond acceptors (Lipinski definition) is 6. The summed E-state index contributed by atoms with van der Waals surface area (Å²) in [6, 6.07) is 16.3. The maximum absolute atomic E-state index is 6.53. The van der Waals surface area contributed by atoms with Crippen LogP contribution in [-0.2, 0) is 0 Å². The summed E-state index contributed by atoms with van der Waals surface area (Å²) < 4.78 is 1.72. The van der Waals surface area contributed by atoms with Gasteiger partial charge in [-0.1, -0.05) is 24.3 Å². The van der Waals surface area contributed by atoms with Crippen LogP contribution < -0.4 is 16.4 Å². The molecule has 0 amide bonds. The lowest BCUT2D eigenvalue weighted by Gasteiger charge is -2.34. The standard InChI is InChI=1S/C24H27N7.ClH/c1-16-22(18-3-7-19(25)8-4-18)23(26)31-24(28-16)21(15-27-31)17-5-9-20(10-6-17)30-13-11-29(2)12-14-30;/h3-10,15H,11-14,25-26H2,1-2H3;1H. The first-order chi connectivity index (χ1) is 15.0. The largest absolute Gasteiger partial charge is 0.399 e. The summed E-state index contributed by atoms with van der Waals surface area (Å²) in [6.07, 6.45) is 1.84. The Balaban J connectivity index is 0.00000245. The highest BCUT2D eigenvalue weighted by molar-refractivity contribution is 5.85. The van der Waals surface area contributed by atoms with Gasteiger partial charge in [-0.3, -0.25) is 0 Å². The first kappa shape index (κ1) is 21.9.